The maximum Gasteiger partial charge on any atom is 0.211 e. The Hall–Kier alpha value is -0.620. The van der Waals surface area contributed by atoms with Gasteiger partial charge in [-0.25, -0.2) is 13.1 Å². The largest absolute Gasteiger partial charge is 0.316 e. The van der Waals surface area contributed by atoms with Gasteiger partial charge in [0.15, 0.2) is 0 Å². The normalized spacial score (nSPS) is 10.9. The predicted octanol–water partition coefficient (Wildman–Crippen LogP) is 1.18. The number of hydrogen-bond acceptors (Lipinski definition) is 3. The van der Waals surface area contributed by atoms with E-state index >= 15 is 0 Å². The molecule has 1 aromatic carbocycles. The van der Waals surface area contributed by atoms with Crippen LogP contribution in [0.1, 0.15) is 12.5 Å². The predicted molar refractivity (Wildman–Crippen MR) is 77.7 cm³/mol. The van der Waals surface area contributed by atoms with Crippen LogP contribution < -0.4 is 10.0 Å². The highest BCUT2D eigenvalue weighted by Gasteiger charge is 2.08. The topological polar surface area (TPSA) is 58.2 Å². The zero-order valence-corrected chi connectivity index (χ0v) is 12.2. The lowest BCUT2D eigenvalue weighted by atomic mass is 10.2. The van der Waals surface area contributed by atoms with Gasteiger partial charge in [-0.3, -0.25) is 0 Å². The van der Waals surface area contributed by atoms with Gasteiger partial charge in [-0.15, -0.1) is 12.4 Å². The Morgan fingerprint density at radius 3 is 2.39 bits per heavy atom. The van der Waals surface area contributed by atoms with E-state index in [4.69, 9.17) is 0 Å². The van der Waals surface area contributed by atoms with Crippen LogP contribution in [-0.4, -0.2) is 33.8 Å². The zero-order chi connectivity index (χ0) is 12.6. The summed E-state index contributed by atoms with van der Waals surface area (Å²) in [6.45, 7) is 3.96. The molecule has 0 radical (unpaired) electrons. The highest BCUT2D eigenvalue weighted by molar-refractivity contribution is 7.89. The van der Waals surface area contributed by atoms with Crippen molar-refractivity contribution in [3.63, 3.8) is 0 Å². The van der Waals surface area contributed by atoms with Crippen LogP contribution in [-0.2, 0) is 16.4 Å². The van der Waals surface area contributed by atoms with Crippen LogP contribution in [0, 0.1) is 0 Å². The molecule has 0 fully saturated rings. The Morgan fingerprint density at radius 1 is 1.11 bits per heavy atom. The van der Waals surface area contributed by atoms with E-state index in [1.54, 1.807) is 0 Å². The molecule has 18 heavy (non-hydrogen) atoms. The molecule has 6 heteroatoms. The molecule has 0 aromatic heterocycles. The SMILES string of the molecule is CCNCCNS(=O)(=O)CCc1ccccc1.Cl. The van der Waals surface area contributed by atoms with Crippen LogP contribution in [0.5, 0.6) is 0 Å². The molecular weight excluding hydrogens is 272 g/mol. The smallest absolute Gasteiger partial charge is 0.211 e. The number of rotatable bonds is 8. The van der Waals surface area contributed by atoms with Crippen LogP contribution in [0.15, 0.2) is 30.3 Å². The number of nitrogens with one attached hydrogen (secondary N) is 2. The number of hydrogen-bond donors (Lipinski definition) is 2. The highest BCUT2D eigenvalue weighted by Crippen LogP contribution is 2.01. The molecule has 0 saturated heterocycles. The fourth-order valence-electron chi connectivity index (χ4n) is 1.44. The molecular formula is C12H21ClN2O2S. The summed E-state index contributed by atoms with van der Waals surface area (Å²) in [6.07, 6.45) is 0.553. The first kappa shape index (κ1) is 17.4. The third kappa shape index (κ3) is 7.66. The van der Waals surface area contributed by atoms with Crippen molar-refractivity contribution in [1.29, 1.82) is 0 Å². The second-order valence-corrected chi connectivity index (χ2v) is 5.73. The fourth-order valence-corrected chi connectivity index (χ4v) is 2.50. The summed E-state index contributed by atoms with van der Waals surface area (Å²) in [5.41, 5.74) is 1.05. The van der Waals surface area contributed by atoms with E-state index in [0.717, 1.165) is 12.1 Å². The van der Waals surface area contributed by atoms with Crippen LogP contribution in [0.2, 0.25) is 0 Å². The first-order valence-electron chi connectivity index (χ1n) is 5.86. The minimum atomic E-state index is -3.15. The summed E-state index contributed by atoms with van der Waals surface area (Å²) < 4.78 is 25.8. The zero-order valence-electron chi connectivity index (χ0n) is 10.6. The lowest BCUT2D eigenvalue weighted by molar-refractivity contribution is 0.576. The van der Waals surface area contributed by atoms with Gasteiger partial charge in [-0.1, -0.05) is 37.3 Å². The standard InChI is InChI=1S/C12H20N2O2S.ClH/c1-2-13-9-10-14-17(15,16)11-8-12-6-4-3-5-7-12;/h3-7,13-14H,2,8-11H2,1H3;1H. The molecule has 0 atom stereocenters. The Bertz CT molecular complexity index is 409. The molecule has 0 saturated carbocycles. The molecule has 1 rings (SSSR count). The van der Waals surface area contributed by atoms with Crippen molar-refractivity contribution in [2.45, 2.75) is 13.3 Å². The monoisotopic (exact) mass is 292 g/mol. The fraction of sp³-hybridized carbons (Fsp3) is 0.500. The molecule has 0 aliphatic rings. The molecule has 0 amide bonds. The summed E-state index contributed by atoms with van der Waals surface area (Å²) in [5, 5.41) is 3.07. The van der Waals surface area contributed by atoms with Crippen LogP contribution in [0.4, 0.5) is 0 Å². The number of sulfonamides is 1. The average Bonchev–Trinajstić information content (AvgIpc) is 2.34. The first-order valence-corrected chi connectivity index (χ1v) is 7.51. The number of aryl methyl sites for hydroxylation is 1. The van der Waals surface area contributed by atoms with E-state index in [1.807, 2.05) is 37.3 Å². The van der Waals surface area contributed by atoms with Crippen molar-refractivity contribution in [1.82, 2.24) is 10.0 Å². The van der Waals surface area contributed by atoms with E-state index in [9.17, 15) is 8.42 Å². The summed E-state index contributed by atoms with van der Waals surface area (Å²) in [6, 6.07) is 9.64. The van der Waals surface area contributed by atoms with E-state index in [2.05, 4.69) is 10.0 Å². The first-order chi connectivity index (χ1) is 8.14. The minimum absolute atomic E-state index is 0. The Labute approximate surface area is 116 Å². The minimum Gasteiger partial charge on any atom is -0.316 e. The summed E-state index contributed by atoms with van der Waals surface area (Å²) in [7, 11) is -3.15. The van der Waals surface area contributed by atoms with Crippen LogP contribution in [0.3, 0.4) is 0 Å². The van der Waals surface area contributed by atoms with E-state index < -0.39 is 10.0 Å². The molecule has 0 bridgehead atoms. The maximum absolute atomic E-state index is 11.6. The molecule has 0 aliphatic heterocycles. The average molecular weight is 293 g/mol. The molecule has 4 nitrogen and oxygen atoms in total. The van der Waals surface area contributed by atoms with Crippen molar-refractivity contribution in [2.24, 2.45) is 0 Å². The number of benzene rings is 1. The van der Waals surface area contributed by atoms with Crippen molar-refractivity contribution in [2.75, 3.05) is 25.4 Å². The highest BCUT2D eigenvalue weighted by atomic mass is 35.5. The van der Waals surface area contributed by atoms with E-state index in [0.29, 0.717) is 19.5 Å². The van der Waals surface area contributed by atoms with Gasteiger partial charge in [-0.05, 0) is 18.5 Å². The molecule has 1 aromatic rings. The van der Waals surface area contributed by atoms with E-state index in [1.165, 1.54) is 0 Å². The van der Waals surface area contributed by atoms with Gasteiger partial charge in [0.1, 0.15) is 0 Å². The van der Waals surface area contributed by atoms with Crippen molar-refractivity contribution >= 4 is 22.4 Å². The molecule has 104 valence electrons. The second kappa shape index (κ2) is 9.33. The third-order valence-corrected chi connectivity index (χ3v) is 3.76. The Balaban J connectivity index is 0.00000289. The summed E-state index contributed by atoms with van der Waals surface area (Å²) in [5.74, 6) is 0.142. The molecule has 0 unspecified atom stereocenters. The van der Waals surface area contributed by atoms with Gasteiger partial charge in [0.25, 0.3) is 0 Å². The van der Waals surface area contributed by atoms with Gasteiger partial charge < -0.3 is 5.32 Å². The van der Waals surface area contributed by atoms with Crippen LogP contribution >= 0.6 is 12.4 Å². The second-order valence-electron chi connectivity index (χ2n) is 3.80. The summed E-state index contributed by atoms with van der Waals surface area (Å²) >= 11 is 0. The number of halogens is 1. The molecule has 2 N–H and O–H groups in total. The lowest BCUT2D eigenvalue weighted by Crippen LogP contribution is -2.33. The Morgan fingerprint density at radius 2 is 1.78 bits per heavy atom. The van der Waals surface area contributed by atoms with Crippen LogP contribution in [0.25, 0.3) is 0 Å². The summed E-state index contributed by atoms with van der Waals surface area (Å²) in [4.78, 5) is 0. The van der Waals surface area contributed by atoms with Gasteiger partial charge in [0, 0.05) is 13.1 Å². The molecule has 0 aliphatic carbocycles. The van der Waals surface area contributed by atoms with Gasteiger partial charge >= 0.3 is 0 Å². The van der Waals surface area contributed by atoms with Gasteiger partial charge in [0.2, 0.25) is 10.0 Å². The number of likely N-dealkylation sites (N-methyl/N-ethyl adjacent to an activating group) is 1. The van der Waals surface area contributed by atoms with Crippen molar-refractivity contribution in [3.05, 3.63) is 35.9 Å². The van der Waals surface area contributed by atoms with Gasteiger partial charge in [-0.2, -0.15) is 0 Å². The quantitative estimate of drug-likeness (QED) is 0.708. The van der Waals surface area contributed by atoms with Crippen molar-refractivity contribution < 1.29 is 8.42 Å². The van der Waals surface area contributed by atoms with Gasteiger partial charge in [0.05, 0.1) is 5.75 Å². The maximum atomic E-state index is 11.6. The third-order valence-electron chi connectivity index (χ3n) is 2.38. The van der Waals surface area contributed by atoms with Crippen molar-refractivity contribution in [3.8, 4) is 0 Å². The lowest BCUT2D eigenvalue weighted by Gasteiger charge is -2.06. The Kier molecular flexibility index (Phi) is 9.01. The molecule has 0 spiro atoms. The van der Waals surface area contributed by atoms with E-state index in [-0.39, 0.29) is 18.2 Å². The molecule has 0 heterocycles.